The van der Waals surface area contributed by atoms with Crippen molar-refractivity contribution >= 4 is 17.4 Å². The molecule has 0 saturated carbocycles. The summed E-state index contributed by atoms with van der Waals surface area (Å²) in [4.78, 5) is 15.9. The lowest BCUT2D eigenvalue weighted by Crippen LogP contribution is -2.21. The van der Waals surface area contributed by atoms with E-state index in [-0.39, 0.29) is 11.8 Å². The Balaban J connectivity index is 2.77. The van der Waals surface area contributed by atoms with Crippen LogP contribution in [0.1, 0.15) is 26.7 Å². The Kier molecular flexibility index (Phi) is 4.75. The van der Waals surface area contributed by atoms with Crippen molar-refractivity contribution in [3.05, 3.63) is 12.3 Å². The Morgan fingerprint density at radius 1 is 1.65 bits per heavy atom. The summed E-state index contributed by atoms with van der Waals surface area (Å²) in [5.41, 5.74) is 6.09. The van der Waals surface area contributed by atoms with Gasteiger partial charge in [-0.2, -0.15) is 0 Å². The molecule has 1 amide bonds. The van der Waals surface area contributed by atoms with Crippen molar-refractivity contribution in [3.8, 4) is 5.75 Å². The molecule has 1 aromatic rings. The summed E-state index contributed by atoms with van der Waals surface area (Å²) >= 11 is 0. The molecule has 94 valence electrons. The number of nitrogens with two attached hydrogens (primary N) is 1. The zero-order chi connectivity index (χ0) is 12.8. The molecule has 0 aromatic carbocycles. The predicted octanol–water partition coefficient (Wildman–Crippen LogP) is 2.05. The number of aromatic nitrogens is 1. The Labute approximate surface area is 101 Å². The molecule has 0 aliphatic heterocycles. The van der Waals surface area contributed by atoms with Gasteiger partial charge in [0.05, 0.1) is 19.0 Å². The molecule has 1 unspecified atom stereocenters. The highest BCUT2D eigenvalue weighted by atomic mass is 16.5. The van der Waals surface area contributed by atoms with Crippen molar-refractivity contribution in [2.75, 3.05) is 18.2 Å². The van der Waals surface area contributed by atoms with Gasteiger partial charge in [0.25, 0.3) is 0 Å². The van der Waals surface area contributed by atoms with Crippen LogP contribution in [-0.4, -0.2) is 18.0 Å². The first-order valence-corrected chi connectivity index (χ1v) is 5.68. The number of methoxy groups -OCH3 is 1. The van der Waals surface area contributed by atoms with E-state index in [0.29, 0.717) is 17.3 Å². The number of nitrogen functional groups attached to an aromatic ring is 1. The van der Waals surface area contributed by atoms with Crippen LogP contribution in [-0.2, 0) is 4.79 Å². The normalized spacial score (nSPS) is 11.9. The van der Waals surface area contributed by atoms with Crippen molar-refractivity contribution in [1.29, 1.82) is 0 Å². The number of hydrogen-bond acceptors (Lipinski definition) is 4. The van der Waals surface area contributed by atoms with Gasteiger partial charge in [-0.25, -0.2) is 4.98 Å². The fourth-order valence-corrected chi connectivity index (χ4v) is 1.51. The van der Waals surface area contributed by atoms with Gasteiger partial charge < -0.3 is 15.8 Å². The number of anilines is 2. The first-order valence-electron chi connectivity index (χ1n) is 5.68. The lowest BCUT2D eigenvalue weighted by molar-refractivity contribution is -0.119. The second-order valence-corrected chi connectivity index (χ2v) is 4.00. The summed E-state index contributed by atoms with van der Waals surface area (Å²) in [6, 6.07) is 1.63. The monoisotopic (exact) mass is 237 g/mol. The predicted molar refractivity (Wildman–Crippen MR) is 67.9 cm³/mol. The van der Waals surface area contributed by atoms with E-state index in [1.54, 1.807) is 6.07 Å². The van der Waals surface area contributed by atoms with E-state index in [9.17, 15) is 4.79 Å². The highest BCUT2D eigenvalue weighted by Crippen LogP contribution is 2.24. The highest BCUT2D eigenvalue weighted by molar-refractivity contribution is 5.92. The minimum Gasteiger partial charge on any atom is -0.493 e. The average molecular weight is 237 g/mol. The zero-order valence-corrected chi connectivity index (χ0v) is 10.5. The van der Waals surface area contributed by atoms with Gasteiger partial charge in [-0.1, -0.05) is 20.3 Å². The molecule has 1 rings (SSSR count). The van der Waals surface area contributed by atoms with Gasteiger partial charge in [-0.05, 0) is 6.42 Å². The Hall–Kier alpha value is -1.78. The van der Waals surface area contributed by atoms with Crippen LogP contribution in [0.5, 0.6) is 5.75 Å². The molecule has 0 fully saturated rings. The molecule has 0 aliphatic rings. The lowest BCUT2D eigenvalue weighted by Gasteiger charge is -2.13. The number of nitrogens with one attached hydrogen (secondary N) is 1. The molecule has 0 bridgehead atoms. The van der Waals surface area contributed by atoms with Crippen LogP contribution in [0.3, 0.4) is 0 Å². The number of nitrogens with zero attached hydrogens (tertiary/aromatic N) is 1. The van der Waals surface area contributed by atoms with Crippen LogP contribution in [0.15, 0.2) is 12.3 Å². The van der Waals surface area contributed by atoms with Gasteiger partial charge in [0.15, 0.2) is 11.6 Å². The summed E-state index contributed by atoms with van der Waals surface area (Å²) in [5, 5.41) is 2.74. The molecule has 0 saturated heterocycles. The van der Waals surface area contributed by atoms with Crippen LogP contribution >= 0.6 is 0 Å². The highest BCUT2D eigenvalue weighted by Gasteiger charge is 2.15. The summed E-state index contributed by atoms with van der Waals surface area (Å²) in [5.74, 6) is 0.795. The maximum Gasteiger partial charge on any atom is 0.228 e. The molecule has 1 aromatic heterocycles. The van der Waals surface area contributed by atoms with E-state index >= 15 is 0 Å². The summed E-state index contributed by atoms with van der Waals surface area (Å²) in [6.07, 6.45) is 3.31. The van der Waals surface area contributed by atoms with Crippen molar-refractivity contribution in [1.82, 2.24) is 4.98 Å². The fraction of sp³-hybridized carbons (Fsp3) is 0.500. The number of carbonyl (C=O) groups is 1. The first-order chi connectivity index (χ1) is 8.08. The SMILES string of the molecule is CCCC(C)C(=O)Nc1ncc(N)cc1OC. The van der Waals surface area contributed by atoms with Gasteiger partial charge in [0, 0.05) is 12.0 Å². The average Bonchev–Trinajstić information content (AvgIpc) is 2.31. The van der Waals surface area contributed by atoms with Crippen LogP contribution in [0.2, 0.25) is 0 Å². The topological polar surface area (TPSA) is 77.2 Å². The molecule has 17 heavy (non-hydrogen) atoms. The largest absolute Gasteiger partial charge is 0.493 e. The van der Waals surface area contributed by atoms with E-state index in [2.05, 4.69) is 10.3 Å². The van der Waals surface area contributed by atoms with E-state index < -0.39 is 0 Å². The number of amides is 1. The molecule has 5 heteroatoms. The Morgan fingerprint density at radius 2 is 2.35 bits per heavy atom. The first kappa shape index (κ1) is 13.3. The van der Waals surface area contributed by atoms with Crippen LogP contribution in [0.4, 0.5) is 11.5 Å². The second-order valence-electron chi connectivity index (χ2n) is 4.00. The molecule has 0 aliphatic carbocycles. The Morgan fingerprint density at radius 3 is 2.94 bits per heavy atom. The molecular formula is C12H19N3O2. The van der Waals surface area contributed by atoms with Crippen LogP contribution in [0.25, 0.3) is 0 Å². The van der Waals surface area contributed by atoms with Crippen LogP contribution in [0, 0.1) is 5.92 Å². The maximum atomic E-state index is 11.8. The number of carbonyl (C=O) groups excluding carboxylic acids is 1. The van der Waals surface area contributed by atoms with Gasteiger partial charge >= 0.3 is 0 Å². The van der Waals surface area contributed by atoms with Gasteiger partial charge in [0.2, 0.25) is 5.91 Å². The van der Waals surface area contributed by atoms with Crippen molar-refractivity contribution in [3.63, 3.8) is 0 Å². The quantitative estimate of drug-likeness (QED) is 0.821. The summed E-state index contributed by atoms with van der Waals surface area (Å²) in [6.45, 7) is 3.94. The van der Waals surface area contributed by atoms with E-state index in [0.717, 1.165) is 12.8 Å². The summed E-state index contributed by atoms with van der Waals surface area (Å²) in [7, 11) is 1.52. The van der Waals surface area contributed by atoms with E-state index in [4.69, 9.17) is 10.5 Å². The molecule has 0 radical (unpaired) electrons. The molecule has 1 atom stereocenters. The molecule has 0 spiro atoms. The van der Waals surface area contributed by atoms with E-state index in [1.165, 1.54) is 13.3 Å². The van der Waals surface area contributed by atoms with Crippen molar-refractivity contribution in [2.45, 2.75) is 26.7 Å². The third-order valence-corrected chi connectivity index (χ3v) is 2.50. The van der Waals surface area contributed by atoms with Gasteiger partial charge in [0.1, 0.15) is 0 Å². The molecular weight excluding hydrogens is 218 g/mol. The molecule has 5 nitrogen and oxygen atoms in total. The number of hydrogen-bond donors (Lipinski definition) is 2. The lowest BCUT2D eigenvalue weighted by atomic mass is 10.1. The Bertz CT molecular complexity index is 393. The van der Waals surface area contributed by atoms with Crippen molar-refractivity contribution in [2.24, 2.45) is 5.92 Å². The smallest absolute Gasteiger partial charge is 0.228 e. The third kappa shape index (κ3) is 3.62. The summed E-state index contributed by atoms with van der Waals surface area (Å²) < 4.78 is 5.11. The molecule has 1 heterocycles. The molecule has 3 N–H and O–H groups in total. The van der Waals surface area contributed by atoms with Crippen LogP contribution < -0.4 is 15.8 Å². The number of pyridine rings is 1. The number of ether oxygens (including phenoxy) is 1. The minimum atomic E-state index is -0.0533. The zero-order valence-electron chi connectivity index (χ0n) is 10.5. The van der Waals surface area contributed by atoms with Gasteiger partial charge in [-0.3, -0.25) is 4.79 Å². The van der Waals surface area contributed by atoms with Crippen molar-refractivity contribution < 1.29 is 9.53 Å². The van der Waals surface area contributed by atoms with Gasteiger partial charge in [-0.15, -0.1) is 0 Å². The van der Waals surface area contributed by atoms with E-state index in [1.807, 2.05) is 13.8 Å². The fourth-order valence-electron chi connectivity index (χ4n) is 1.51. The number of rotatable bonds is 5. The second kappa shape index (κ2) is 6.08. The standard InChI is InChI=1S/C12H19N3O2/c1-4-5-8(2)12(16)15-11-10(17-3)6-9(13)7-14-11/h6-8H,4-5,13H2,1-3H3,(H,14,15,16). The third-order valence-electron chi connectivity index (χ3n) is 2.50. The maximum absolute atomic E-state index is 11.8. The minimum absolute atomic E-state index is 0.0379.